The van der Waals surface area contributed by atoms with Gasteiger partial charge in [0, 0.05) is 13.1 Å². The molecule has 0 radical (unpaired) electrons. The number of benzene rings is 2. The maximum Gasteiger partial charge on any atom is 0.282 e. The van der Waals surface area contributed by atoms with Gasteiger partial charge in [-0.15, -0.1) is 0 Å². The highest BCUT2D eigenvalue weighted by molar-refractivity contribution is 6.45. The molecule has 1 fully saturated rings. The van der Waals surface area contributed by atoms with Crippen molar-refractivity contribution in [3.8, 4) is 0 Å². The minimum Gasteiger partial charge on any atom is -0.378 e. The Kier molecular flexibility index (Phi) is 4.73. The van der Waals surface area contributed by atoms with Crippen molar-refractivity contribution in [2.75, 3.05) is 31.2 Å². The number of carbonyl (C=O) groups excluding carboxylic acids is 2. The summed E-state index contributed by atoms with van der Waals surface area (Å²) in [7, 11) is 0. The molecule has 0 saturated carbocycles. The summed E-state index contributed by atoms with van der Waals surface area (Å²) < 4.78 is 18.8. The molecule has 2 aliphatic heterocycles. The summed E-state index contributed by atoms with van der Waals surface area (Å²) in [4.78, 5) is 30.0. The number of imide groups is 1. The fraction of sp³-hybridized carbons (Fsp3) is 0.273. The lowest BCUT2D eigenvalue weighted by Gasteiger charge is -2.29. The van der Waals surface area contributed by atoms with Crippen LogP contribution in [0.5, 0.6) is 0 Å². The number of hydrogen-bond acceptors (Lipinski definition) is 4. The van der Waals surface area contributed by atoms with Crippen LogP contribution in [0.15, 0.2) is 48.2 Å². The van der Waals surface area contributed by atoms with Crippen LogP contribution < -0.4 is 4.90 Å². The van der Waals surface area contributed by atoms with Crippen LogP contribution in [-0.4, -0.2) is 43.0 Å². The quantitative estimate of drug-likeness (QED) is 0.768. The molecule has 0 N–H and O–H groups in total. The Morgan fingerprint density at radius 2 is 1.61 bits per heavy atom. The van der Waals surface area contributed by atoms with Crippen LogP contribution in [0.2, 0.25) is 0 Å². The number of aryl methyl sites for hydroxylation is 2. The molecular formula is C22H21FN2O3. The van der Waals surface area contributed by atoms with Crippen molar-refractivity contribution in [3.63, 3.8) is 0 Å². The largest absolute Gasteiger partial charge is 0.378 e. The Bertz CT molecular complexity index is 976. The second-order valence-corrected chi connectivity index (χ2v) is 7.07. The molecule has 2 amide bonds. The van der Waals surface area contributed by atoms with Gasteiger partial charge in [-0.2, -0.15) is 0 Å². The second-order valence-electron chi connectivity index (χ2n) is 7.07. The molecule has 28 heavy (non-hydrogen) atoms. The molecule has 0 aliphatic carbocycles. The Hall–Kier alpha value is -2.99. The zero-order valence-corrected chi connectivity index (χ0v) is 15.9. The van der Waals surface area contributed by atoms with Crippen LogP contribution in [0.4, 0.5) is 10.1 Å². The molecule has 0 bridgehead atoms. The van der Waals surface area contributed by atoms with Gasteiger partial charge in [0.2, 0.25) is 0 Å². The minimum atomic E-state index is -0.388. The van der Waals surface area contributed by atoms with E-state index in [9.17, 15) is 14.0 Å². The summed E-state index contributed by atoms with van der Waals surface area (Å²) in [5.74, 6) is -1.12. The van der Waals surface area contributed by atoms with Gasteiger partial charge in [0.25, 0.3) is 11.8 Å². The maximum atomic E-state index is 13.4. The monoisotopic (exact) mass is 380 g/mol. The van der Waals surface area contributed by atoms with Crippen LogP contribution >= 0.6 is 0 Å². The molecule has 4 rings (SSSR count). The number of nitrogens with zero attached hydrogens (tertiary/aromatic N) is 2. The summed E-state index contributed by atoms with van der Waals surface area (Å²) in [6.07, 6.45) is 0. The predicted octanol–water partition coefficient (Wildman–Crippen LogP) is 3.06. The topological polar surface area (TPSA) is 49.9 Å². The van der Waals surface area contributed by atoms with Crippen molar-refractivity contribution in [1.29, 1.82) is 0 Å². The van der Waals surface area contributed by atoms with Gasteiger partial charge in [0.05, 0.1) is 24.5 Å². The third-order valence-electron chi connectivity index (χ3n) is 5.13. The van der Waals surface area contributed by atoms with Gasteiger partial charge in [0.15, 0.2) is 0 Å². The lowest BCUT2D eigenvalue weighted by Crippen LogP contribution is -2.40. The molecule has 144 valence electrons. The molecule has 2 aromatic carbocycles. The number of halogens is 1. The van der Waals surface area contributed by atoms with Crippen LogP contribution in [0.3, 0.4) is 0 Å². The van der Waals surface area contributed by atoms with Crippen molar-refractivity contribution in [2.45, 2.75) is 13.8 Å². The third-order valence-corrected chi connectivity index (χ3v) is 5.13. The van der Waals surface area contributed by atoms with Crippen molar-refractivity contribution >= 4 is 23.1 Å². The smallest absolute Gasteiger partial charge is 0.282 e. The Morgan fingerprint density at radius 1 is 0.929 bits per heavy atom. The lowest BCUT2D eigenvalue weighted by atomic mass is 10.0. The van der Waals surface area contributed by atoms with Crippen LogP contribution in [-0.2, 0) is 14.3 Å². The first kappa shape index (κ1) is 18.4. The standard InChI is InChI=1S/C22H21FN2O3/c1-14-3-4-15(2)18(13-14)25-21(26)19(16-5-7-17(23)8-6-16)20(22(25)27)24-9-11-28-12-10-24/h3-8,13H,9-12H2,1-2H3. The van der Waals surface area contributed by atoms with E-state index in [0.29, 0.717) is 48.8 Å². The number of morpholine rings is 1. The van der Waals surface area contributed by atoms with Crippen LogP contribution in [0.1, 0.15) is 16.7 Å². The number of anilines is 1. The van der Waals surface area contributed by atoms with Gasteiger partial charge in [-0.3, -0.25) is 9.59 Å². The first-order valence-corrected chi connectivity index (χ1v) is 9.26. The summed E-state index contributed by atoms with van der Waals surface area (Å²) in [6, 6.07) is 11.4. The van der Waals surface area contributed by atoms with E-state index >= 15 is 0 Å². The van der Waals surface area contributed by atoms with Crippen molar-refractivity contribution in [2.24, 2.45) is 0 Å². The first-order valence-electron chi connectivity index (χ1n) is 9.26. The Morgan fingerprint density at radius 3 is 2.29 bits per heavy atom. The second kappa shape index (κ2) is 7.20. The van der Waals surface area contributed by atoms with Gasteiger partial charge >= 0.3 is 0 Å². The highest BCUT2D eigenvalue weighted by Crippen LogP contribution is 2.36. The average molecular weight is 380 g/mol. The highest BCUT2D eigenvalue weighted by Gasteiger charge is 2.43. The van der Waals surface area contributed by atoms with Crippen molar-refractivity contribution in [1.82, 2.24) is 4.90 Å². The van der Waals surface area contributed by atoms with E-state index in [1.54, 1.807) is 12.1 Å². The number of amides is 2. The summed E-state index contributed by atoms with van der Waals surface area (Å²) in [5, 5.41) is 0. The molecule has 2 aliphatic rings. The maximum absolute atomic E-state index is 13.4. The molecule has 2 aromatic rings. The number of rotatable bonds is 3. The van der Waals surface area contributed by atoms with Crippen molar-refractivity contribution in [3.05, 3.63) is 70.7 Å². The van der Waals surface area contributed by atoms with E-state index in [1.807, 2.05) is 36.9 Å². The van der Waals surface area contributed by atoms with Gasteiger partial charge < -0.3 is 9.64 Å². The molecule has 5 nitrogen and oxygen atoms in total. The minimum absolute atomic E-state index is 0.313. The van der Waals surface area contributed by atoms with E-state index < -0.39 is 0 Å². The fourth-order valence-electron chi connectivity index (χ4n) is 3.65. The van der Waals surface area contributed by atoms with E-state index in [1.165, 1.54) is 17.0 Å². The molecule has 0 aromatic heterocycles. The molecule has 1 saturated heterocycles. The van der Waals surface area contributed by atoms with Gasteiger partial charge in [0.1, 0.15) is 11.5 Å². The molecule has 0 atom stereocenters. The summed E-state index contributed by atoms with van der Waals surface area (Å²) in [5.41, 5.74) is 3.60. The van der Waals surface area contributed by atoms with E-state index in [4.69, 9.17) is 4.74 Å². The number of hydrogen-bond donors (Lipinski definition) is 0. The average Bonchev–Trinajstić information content (AvgIpc) is 2.95. The number of carbonyl (C=O) groups is 2. The Balaban J connectivity index is 1.85. The predicted molar refractivity (Wildman–Crippen MR) is 104 cm³/mol. The van der Waals surface area contributed by atoms with Gasteiger partial charge in [-0.05, 0) is 48.7 Å². The molecule has 0 unspecified atom stereocenters. The zero-order chi connectivity index (χ0) is 19.8. The Labute approximate surface area is 163 Å². The van der Waals surface area contributed by atoms with Gasteiger partial charge in [-0.25, -0.2) is 9.29 Å². The zero-order valence-electron chi connectivity index (χ0n) is 15.9. The van der Waals surface area contributed by atoms with Gasteiger partial charge in [-0.1, -0.05) is 24.3 Å². The van der Waals surface area contributed by atoms with Crippen molar-refractivity contribution < 1.29 is 18.7 Å². The fourth-order valence-corrected chi connectivity index (χ4v) is 3.65. The first-order chi connectivity index (χ1) is 13.5. The lowest BCUT2D eigenvalue weighted by molar-refractivity contribution is -0.121. The molecule has 2 heterocycles. The van der Waals surface area contributed by atoms with E-state index in [-0.39, 0.29) is 17.6 Å². The highest BCUT2D eigenvalue weighted by atomic mass is 19.1. The van der Waals surface area contributed by atoms with Crippen LogP contribution in [0, 0.1) is 19.7 Å². The number of ether oxygens (including phenoxy) is 1. The summed E-state index contributed by atoms with van der Waals surface area (Å²) >= 11 is 0. The summed E-state index contributed by atoms with van der Waals surface area (Å²) in [6.45, 7) is 5.83. The van der Waals surface area contributed by atoms with Crippen LogP contribution in [0.25, 0.3) is 5.57 Å². The third kappa shape index (κ3) is 3.10. The van der Waals surface area contributed by atoms with E-state index in [0.717, 1.165) is 11.1 Å². The SMILES string of the molecule is Cc1ccc(C)c(N2C(=O)C(c3ccc(F)cc3)=C(N3CCOCC3)C2=O)c1. The molecule has 6 heteroatoms. The normalized spacial score (nSPS) is 17.7. The molecule has 0 spiro atoms. The van der Waals surface area contributed by atoms with E-state index in [2.05, 4.69) is 0 Å². The molecular weight excluding hydrogens is 359 g/mol.